The third-order valence-electron chi connectivity index (χ3n) is 4.26. The number of nitrogens with two attached hydrogens (primary N) is 1. The van der Waals surface area contributed by atoms with Crippen molar-refractivity contribution in [2.24, 2.45) is 0 Å². The smallest absolute Gasteiger partial charge is 0.0376 e. The summed E-state index contributed by atoms with van der Waals surface area (Å²) >= 11 is 0. The van der Waals surface area contributed by atoms with Crippen molar-refractivity contribution in [3.8, 4) is 0 Å². The number of anilines is 1. The molecular formula is C17H19N. The average Bonchev–Trinajstić information content (AvgIpc) is 2.81. The summed E-state index contributed by atoms with van der Waals surface area (Å²) in [5.74, 6) is 0.555. The normalized spacial score (nSPS) is 17.8. The Morgan fingerprint density at radius 2 is 1.83 bits per heavy atom. The summed E-state index contributed by atoms with van der Waals surface area (Å²) in [4.78, 5) is 0. The van der Waals surface area contributed by atoms with Crippen LogP contribution in [0.25, 0.3) is 0 Å². The summed E-state index contributed by atoms with van der Waals surface area (Å²) in [6.45, 7) is 4.28. The van der Waals surface area contributed by atoms with Gasteiger partial charge in [-0.15, -0.1) is 0 Å². The number of hydrogen-bond acceptors (Lipinski definition) is 1. The van der Waals surface area contributed by atoms with Gasteiger partial charge in [0, 0.05) is 11.6 Å². The highest BCUT2D eigenvalue weighted by atomic mass is 14.6. The first-order valence-electron chi connectivity index (χ1n) is 6.62. The molecule has 1 heteroatoms. The number of rotatable bonds is 1. The van der Waals surface area contributed by atoms with Crippen LogP contribution < -0.4 is 5.73 Å². The molecule has 0 aliphatic heterocycles. The van der Waals surface area contributed by atoms with E-state index in [0.717, 1.165) is 12.1 Å². The first kappa shape index (κ1) is 11.3. The maximum atomic E-state index is 6.14. The van der Waals surface area contributed by atoms with Crippen molar-refractivity contribution in [1.82, 2.24) is 0 Å². The van der Waals surface area contributed by atoms with Gasteiger partial charge in [-0.3, -0.25) is 0 Å². The van der Waals surface area contributed by atoms with Crippen LogP contribution >= 0.6 is 0 Å². The van der Waals surface area contributed by atoms with E-state index in [4.69, 9.17) is 5.73 Å². The van der Waals surface area contributed by atoms with Gasteiger partial charge in [-0.2, -0.15) is 0 Å². The van der Waals surface area contributed by atoms with Crippen LogP contribution in [0.3, 0.4) is 0 Å². The summed E-state index contributed by atoms with van der Waals surface area (Å²) in [6.07, 6.45) is 2.37. The summed E-state index contributed by atoms with van der Waals surface area (Å²) in [5.41, 5.74) is 14.0. The van der Waals surface area contributed by atoms with Crippen LogP contribution in [0.5, 0.6) is 0 Å². The van der Waals surface area contributed by atoms with E-state index in [1.807, 2.05) is 0 Å². The summed E-state index contributed by atoms with van der Waals surface area (Å²) < 4.78 is 0. The van der Waals surface area contributed by atoms with Gasteiger partial charge < -0.3 is 5.73 Å². The first-order valence-corrected chi connectivity index (χ1v) is 6.62. The fourth-order valence-electron chi connectivity index (χ4n) is 3.19. The standard InChI is InChI=1S/C17H19N/c1-11-10-16-14(12(2)17(11)18)8-9-15(16)13-6-4-3-5-7-13/h3-7,10,15H,8-9,18H2,1-2H3. The minimum Gasteiger partial charge on any atom is -0.398 e. The minimum absolute atomic E-state index is 0.555. The molecule has 2 N–H and O–H groups in total. The molecule has 0 saturated heterocycles. The van der Waals surface area contributed by atoms with E-state index in [2.05, 4.69) is 50.2 Å². The van der Waals surface area contributed by atoms with Crippen molar-refractivity contribution < 1.29 is 0 Å². The molecule has 1 atom stereocenters. The molecule has 92 valence electrons. The van der Waals surface area contributed by atoms with Gasteiger partial charge in [0.1, 0.15) is 0 Å². The fraction of sp³-hybridized carbons (Fsp3) is 0.294. The van der Waals surface area contributed by atoms with Crippen molar-refractivity contribution in [3.05, 3.63) is 64.2 Å². The Kier molecular flexibility index (Phi) is 2.62. The van der Waals surface area contributed by atoms with Gasteiger partial charge in [-0.1, -0.05) is 36.4 Å². The Morgan fingerprint density at radius 3 is 2.56 bits per heavy atom. The van der Waals surface area contributed by atoms with E-state index in [0.29, 0.717) is 5.92 Å². The SMILES string of the molecule is Cc1cc2c(c(C)c1N)CCC2c1ccccc1. The molecular weight excluding hydrogens is 218 g/mol. The lowest BCUT2D eigenvalue weighted by molar-refractivity contribution is 0.787. The molecule has 0 aromatic heterocycles. The van der Waals surface area contributed by atoms with E-state index in [-0.39, 0.29) is 0 Å². The fourth-order valence-corrected chi connectivity index (χ4v) is 3.19. The second-order valence-electron chi connectivity index (χ2n) is 5.30. The highest BCUT2D eigenvalue weighted by molar-refractivity contribution is 5.61. The van der Waals surface area contributed by atoms with Gasteiger partial charge in [-0.25, -0.2) is 0 Å². The zero-order valence-electron chi connectivity index (χ0n) is 11.0. The molecule has 0 amide bonds. The van der Waals surface area contributed by atoms with Crippen LogP contribution in [0.2, 0.25) is 0 Å². The van der Waals surface area contributed by atoms with Gasteiger partial charge in [-0.05, 0) is 54.5 Å². The predicted molar refractivity (Wildman–Crippen MR) is 76.9 cm³/mol. The van der Waals surface area contributed by atoms with Crippen LogP contribution in [0.15, 0.2) is 36.4 Å². The zero-order chi connectivity index (χ0) is 12.7. The lowest BCUT2D eigenvalue weighted by atomic mass is 9.90. The maximum Gasteiger partial charge on any atom is 0.0376 e. The highest BCUT2D eigenvalue weighted by Gasteiger charge is 2.26. The van der Waals surface area contributed by atoms with Crippen LogP contribution in [0.1, 0.15) is 40.2 Å². The van der Waals surface area contributed by atoms with E-state index in [9.17, 15) is 0 Å². The third-order valence-corrected chi connectivity index (χ3v) is 4.26. The summed E-state index contributed by atoms with van der Waals surface area (Å²) in [7, 11) is 0. The maximum absolute atomic E-state index is 6.14. The van der Waals surface area contributed by atoms with Gasteiger partial charge in [0.15, 0.2) is 0 Å². The Bertz CT molecular complexity index is 584. The lowest BCUT2D eigenvalue weighted by Gasteiger charge is -2.15. The van der Waals surface area contributed by atoms with Crippen molar-refractivity contribution >= 4 is 5.69 Å². The van der Waals surface area contributed by atoms with E-state index in [1.165, 1.54) is 34.2 Å². The van der Waals surface area contributed by atoms with Gasteiger partial charge >= 0.3 is 0 Å². The van der Waals surface area contributed by atoms with E-state index in [1.54, 1.807) is 0 Å². The molecule has 1 nitrogen and oxygen atoms in total. The van der Waals surface area contributed by atoms with Crippen LogP contribution in [-0.2, 0) is 6.42 Å². The third kappa shape index (κ3) is 1.62. The molecule has 3 rings (SSSR count). The Hall–Kier alpha value is -1.76. The van der Waals surface area contributed by atoms with Crippen molar-refractivity contribution in [3.63, 3.8) is 0 Å². The topological polar surface area (TPSA) is 26.0 Å². The second kappa shape index (κ2) is 4.16. The molecule has 1 unspecified atom stereocenters. The lowest BCUT2D eigenvalue weighted by Crippen LogP contribution is -2.01. The number of aryl methyl sites for hydroxylation is 1. The van der Waals surface area contributed by atoms with Crippen LogP contribution in [-0.4, -0.2) is 0 Å². The molecule has 0 saturated carbocycles. The Balaban J connectivity index is 2.13. The molecule has 0 radical (unpaired) electrons. The van der Waals surface area contributed by atoms with Gasteiger partial charge in [0.25, 0.3) is 0 Å². The van der Waals surface area contributed by atoms with E-state index < -0.39 is 0 Å². The number of fused-ring (bicyclic) bond motifs is 1. The summed E-state index contributed by atoms with van der Waals surface area (Å²) in [6, 6.07) is 13.1. The quantitative estimate of drug-likeness (QED) is 0.746. The second-order valence-corrected chi connectivity index (χ2v) is 5.30. The zero-order valence-corrected chi connectivity index (χ0v) is 11.0. The molecule has 0 bridgehead atoms. The van der Waals surface area contributed by atoms with Crippen molar-refractivity contribution in [2.45, 2.75) is 32.6 Å². The number of hydrogen-bond donors (Lipinski definition) is 1. The monoisotopic (exact) mass is 237 g/mol. The van der Waals surface area contributed by atoms with Crippen molar-refractivity contribution in [1.29, 1.82) is 0 Å². The first-order chi connectivity index (χ1) is 8.68. The number of benzene rings is 2. The highest BCUT2D eigenvalue weighted by Crippen LogP contribution is 2.41. The predicted octanol–water partition coefficient (Wildman–Crippen LogP) is 3.96. The largest absolute Gasteiger partial charge is 0.398 e. The van der Waals surface area contributed by atoms with Gasteiger partial charge in [0.2, 0.25) is 0 Å². The van der Waals surface area contributed by atoms with Crippen molar-refractivity contribution in [2.75, 3.05) is 5.73 Å². The van der Waals surface area contributed by atoms with Crippen LogP contribution in [0, 0.1) is 13.8 Å². The molecule has 18 heavy (non-hydrogen) atoms. The van der Waals surface area contributed by atoms with Crippen LogP contribution in [0.4, 0.5) is 5.69 Å². The molecule has 1 aliphatic carbocycles. The average molecular weight is 237 g/mol. The molecule has 0 fully saturated rings. The molecule has 1 aliphatic rings. The van der Waals surface area contributed by atoms with E-state index >= 15 is 0 Å². The Labute approximate surface area is 109 Å². The molecule has 0 heterocycles. The number of nitrogen functional groups attached to an aromatic ring is 1. The molecule has 0 spiro atoms. The Morgan fingerprint density at radius 1 is 1.11 bits per heavy atom. The van der Waals surface area contributed by atoms with Gasteiger partial charge in [0.05, 0.1) is 0 Å². The molecule has 2 aromatic rings. The summed E-state index contributed by atoms with van der Waals surface area (Å²) in [5, 5.41) is 0. The molecule has 2 aromatic carbocycles. The minimum atomic E-state index is 0.555.